The number of halogens is 1. The minimum atomic E-state index is -0.235. The quantitative estimate of drug-likeness (QED) is 0.250. The molecular formula is C26H22ClNO5S2. The zero-order valence-electron chi connectivity index (χ0n) is 19.2. The number of ether oxygens (including phenoxy) is 4. The second kappa shape index (κ2) is 11.0. The van der Waals surface area contributed by atoms with E-state index < -0.39 is 0 Å². The molecule has 4 rings (SSSR count). The van der Waals surface area contributed by atoms with Crippen molar-refractivity contribution in [1.29, 1.82) is 0 Å². The molecule has 0 radical (unpaired) electrons. The van der Waals surface area contributed by atoms with Crippen molar-refractivity contribution in [3.63, 3.8) is 0 Å². The Kier molecular flexibility index (Phi) is 7.85. The van der Waals surface area contributed by atoms with Crippen molar-refractivity contribution < 1.29 is 23.7 Å². The Morgan fingerprint density at radius 1 is 0.943 bits per heavy atom. The molecule has 0 spiro atoms. The van der Waals surface area contributed by atoms with Crippen LogP contribution in [0.25, 0.3) is 6.08 Å². The summed E-state index contributed by atoms with van der Waals surface area (Å²) in [6, 6.07) is 18.2. The number of hydrogen-bond donors (Lipinski definition) is 0. The maximum absolute atomic E-state index is 13.3. The molecule has 1 amide bonds. The molecule has 1 fully saturated rings. The van der Waals surface area contributed by atoms with Crippen molar-refractivity contribution in [3.05, 3.63) is 81.7 Å². The topological polar surface area (TPSA) is 57.2 Å². The second-order valence-corrected chi connectivity index (χ2v) is 9.43. The third-order valence-electron chi connectivity index (χ3n) is 5.25. The second-order valence-electron chi connectivity index (χ2n) is 7.35. The number of hydrogen-bond acceptors (Lipinski definition) is 7. The van der Waals surface area contributed by atoms with Gasteiger partial charge in [-0.2, -0.15) is 0 Å². The summed E-state index contributed by atoms with van der Waals surface area (Å²) in [7, 11) is 4.67. The van der Waals surface area contributed by atoms with E-state index in [1.807, 2.05) is 36.4 Å². The molecule has 9 heteroatoms. The van der Waals surface area contributed by atoms with Gasteiger partial charge in [0.1, 0.15) is 18.1 Å². The number of anilines is 1. The van der Waals surface area contributed by atoms with Crippen LogP contribution in [0.3, 0.4) is 0 Å². The minimum Gasteiger partial charge on any atom is -0.497 e. The maximum atomic E-state index is 13.3. The fraction of sp³-hybridized carbons (Fsp3) is 0.154. The molecule has 6 nitrogen and oxygen atoms in total. The Morgan fingerprint density at radius 3 is 2.43 bits per heavy atom. The Balaban J connectivity index is 1.56. The van der Waals surface area contributed by atoms with Gasteiger partial charge in [0.15, 0.2) is 15.8 Å². The van der Waals surface area contributed by atoms with Gasteiger partial charge in [-0.15, -0.1) is 0 Å². The van der Waals surface area contributed by atoms with E-state index in [-0.39, 0.29) is 5.91 Å². The lowest BCUT2D eigenvalue weighted by Crippen LogP contribution is -2.27. The molecule has 1 aliphatic rings. The standard InChI is InChI=1S/C26H22ClNO5S2/c1-30-18-9-10-20(22(14-18)31-2)28-25(29)24(35-26(28)34)13-16-8-11-21(23(12-16)32-3)33-15-17-6-4-5-7-19(17)27/h4-14H,15H2,1-3H3/b24-13-. The number of amides is 1. The van der Waals surface area contributed by atoms with Gasteiger partial charge in [0.2, 0.25) is 0 Å². The third kappa shape index (κ3) is 5.40. The van der Waals surface area contributed by atoms with Crippen molar-refractivity contribution in [2.75, 3.05) is 26.2 Å². The maximum Gasteiger partial charge on any atom is 0.270 e. The lowest BCUT2D eigenvalue weighted by molar-refractivity contribution is -0.113. The van der Waals surface area contributed by atoms with Crippen LogP contribution >= 0.6 is 35.6 Å². The molecule has 0 aliphatic carbocycles. The van der Waals surface area contributed by atoms with E-state index in [0.717, 1.165) is 11.1 Å². The summed E-state index contributed by atoms with van der Waals surface area (Å²) in [5, 5.41) is 0.638. The normalized spacial score (nSPS) is 14.4. The number of thiocarbonyl (C=S) groups is 1. The van der Waals surface area contributed by atoms with Gasteiger partial charge in [-0.25, -0.2) is 0 Å². The van der Waals surface area contributed by atoms with Crippen LogP contribution in [0, 0.1) is 0 Å². The molecule has 3 aromatic carbocycles. The van der Waals surface area contributed by atoms with Gasteiger partial charge in [-0.1, -0.05) is 59.8 Å². The summed E-state index contributed by atoms with van der Waals surface area (Å²) < 4.78 is 22.6. The largest absolute Gasteiger partial charge is 0.497 e. The highest BCUT2D eigenvalue weighted by molar-refractivity contribution is 8.27. The predicted octanol–water partition coefficient (Wildman–Crippen LogP) is 6.35. The van der Waals surface area contributed by atoms with Crippen molar-refractivity contribution in [2.24, 2.45) is 0 Å². The summed E-state index contributed by atoms with van der Waals surface area (Å²) in [5.41, 5.74) is 2.20. The van der Waals surface area contributed by atoms with Crippen LogP contribution in [0.4, 0.5) is 5.69 Å². The monoisotopic (exact) mass is 527 g/mol. The molecule has 1 heterocycles. The molecule has 1 aliphatic heterocycles. The molecule has 180 valence electrons. The predicted molar refractivity (Wildman–Crippen MR) is 144 cm³/mol. The van der Waals surface area contributed by atoms with E-state index in [9.17, 15) is 4.79 Å². The Bertz CT molecular complexity index is 1310. The van der Waals surface area contributed by atoms with Crippen LogP contribution in [-0.4, -0.2) is 31.6 Å². The first kappa shape index (κ1) is 24.9. The van der Waals surface area contributed by atoms with E-state index >= 15 is 0 Å². The first-order chi connectivity index (χ1) is 16.9. The molecule has 0 atom stereocenters. The average molecular weight is 528 g/mol. The Hall–Kier alpha value is -3.20. The number of carbonyl (C=O) groups is 1. The number of rotatable bonds is 8. The van der Waals surface area contributed by atoms with Gasteiger partial charge < -0.3 is 18.9 Å². The smallest absolute Gasteiger partial charge is 0.270 e. The fourth-order valence-corrected chi connectivity index (χ4v) is 4.94. The molecule has 35 heavy (non-hydrogen) atoms. The summed E-state index contributed by atoms with van der Waals surface area (Å²) >= 11 is 12.9. The van der Waals surface area contributed by atoms with Crippen LogP contribution in [0.1, 0.15) is 11.1 Å². The van der Waals surface area contributed by atoms with Crippen LogP contribution in [0.5, 0.6) is 23.0 Å². The average Bonchev–Trinajstić information content (AvgIpc) is 3.15. The summed E-state index contributed by atoms with van der Waals surface area (Å²) in [6.45, 7) is 0.303. The van der Waals surface area contributed by atoms with Crippen LogP contribution in [0.2, 0.25) is 5.02 Å². The molecule has 0 unspecified atom stereocenters. The number of benzene rings is 3. The first-order valence-corrected chi connectivity index (χ1v) is 12.1. The SMILES string of the molecule is COc1ccc(N2C(=O)/C(=C/c3ccc(OCc4ccccc4Cl)c(OC)c3)SC2=S)c(OC)c1. The van der Waals surface area contributed by atoms with Crippen LogP contribution in [0.15, 0.2) is 65.6 Å². The molecule has 0 bridgehead atoms. The number of thioether (sulfide) groups is 1. The van der Waals surface area contributed by atoms with Crippen LogP contribution < -0.4 is 23.8 Å². The van der Waals surface area contributed by atoms with E-state index in [1.165, 1.54) is 23.8 Å². The van der Waals surface area contributed by atoms with Crippen molar-refractivity contribution in [2.45, 2.75) is 6.61 Å². The number of methoxy groups -OCH3 is 3. The van der Waals surface area contributed by atoms with Gasteiger partial charge in [0.25, 0.3) is 5.91 Å². The highest BCUT2D eigenvalue weighted by Crippen LogP contribution is 2.41. The zero-order valence-corrected chi connectivity index (χ0v) is 21.6. The van der Waals surface area contributed by atoms with E-state index in [1.54, 1.807) is 44.6 Å². The van der Waals surface area contributed by atoms with Gasteiger partial charge in [0.05, 0.1) is 31.9 Å². The van der Waals surface area contributed by atoms with E-state index in [4.69, 9.17) is 42.8 Å². The minimum absolute atomic E-state index is 0.235. The molecule has 0 N–H and O–H groups in total. The summed E-state index contributed by atoms with van der Waals surface area (Å²) in [5.74, 6) is 1.98. The van der Waals surface area contributed by atoms with Gasteiger partial charge in [0, 0.05) is 16.7 Å². The van der Waals surface area contributed by atoms with Gasteiger partial charge in [-0.3, -0.25) is 9.69 Å². The third-order valence-corrected chi connectivity index (χ3v) is 6.92. The van der Waals surface area contributed by atoms with Crippen molar-refractivity contribution in [3.8, 4) is 23.0 Å². The molecule has 0 saturated carbocycles. The van der Waals surface area contributed by atoms with E-state index in [0.29, 0.717) is 49.5 Å². The summed E-state index contributed by atoms with van der Waals surface area (Å²) in [4.78, 5) is 15.2. The van der Waals surface area contributed by atoms with Crippen molar-refractivity contribution in [1.82, 2.24) is 0 Å². The molecule has 3 aromatic rings. The fourth-order valence-electron chi connectivity index (χ4n) is 3.46. The molecule has 1 saturated heterocycles. The van der Waals surface area contributed by atoms with Gasteiger partial charge in [-0.05, 0) is 42.0 Å². The lowest BCUT2D eigenvalue weighted by Gasteiger charge is -2.18. The molecule has 0 aromatic heterocycles. The highest BCUT2D eigenvalue weighted by Gasteiger charge is 2.35. The first-order valence-electron chi connectivity index (χ1n) is 10.5. The summed E-state index contributed by atoms with van der Waals surface area (Å²) in [6.07, 6.45) is 1.77. The Morgan fingerprint density at radius 2 is 1.71 bits per heavy atom. The van der Waals surface area contributed by atoms with E-state index in [2.05, 4.69) is 0 Å². The number of carbonyl (C=O) groups excluding carboxylic acids is 1. The lowest BCUT2D eigenvalue weighted by atomic mass is 10.1. The zero-order chi connectivity index (χ0) is 24.9. The Labute approximate surface area is 218 Å². The molecular weight excluding hydrogens is 506 g/mol. The van der Waals surface area contributed by atoms with Gasteiger partial charge >= 0.3 is 0 Å². The van der Waals surface area contributed by atoms with Crippen molar-refractivity contribution >= 4 is 57.6 Å². The highest BCUT2D eigenvalue weighted by atomic mass is 35.5. The number of nitrogens with zero attached hydrogens (tertiary/aromatic N) is 1. The van der Waals surface area contributed by atoms with Crippen LogP contribution in [-0.2, 0) is 11.4 Å².